The predicted octanol–water partition coefficient (Wildman–Crippen LogP) is 5.38. The second kappa shape index (κ2) is 9.07. The van der Waals surface area contributed by atoms with Gasteiger partial charge in [0.05, 0.1) is 10.6 Å². The van der Waals surface area contributed by atoms with Crippen LogP contribution in [-0.4, -0.2) is 15.8 Å². The molecular weight excluding hydrogens is 489 g/mol. The number of rotatable bonds is 6. The number of nitro groups is 1. The minimum atomic E-state index is -0.424. The summed E-state index contributed by atoms with van der Waals surface area (Å²) >= 11 is 3.71. The summed E-state index contributed by atoms with van der Waals surface area (Å²) < 4.78 is 1.17. The lowest BCUT2D eigenvalue weighted by atomic mass is 10.1. The quantitative estimate of drug-likeness (QED) is 0.277. The zero-order valence-corrected chi connectivity index (χ0v) is 17.9. The lowest BCUT2D eigenvalue weighted by molar-refractivity contribution is -0.384. The van der Waals surface area contributed by atoms with Crippen LogP contribution in [0.2, 0.25) is 0 Å². The van der Waals surface area contributed by atoms with Gasteiger partial charge in [0, 0.05) is 33.9 Å². The van der Waals surface area contributed by atoms with Crippen molar-refractivity contribution in [2.24, 2.45) is 0 Å². The van der Waals surface area contributed by atoms with Crippen LogP contribution in [0.4, 0.5) is 10.8 Å². The number of hydrogen-bond acceptors (Lipinski definition) is 5. The van der Waals surface area contributed by atoms with Crippen molar-refractivity contribution in [1.29, 1.82) is 0 Å². The molecule has 3 aromatic rings. The molecule has 0 unspecified atom stereocenters. The van der Waals surface area contributed by atoms with Crippen LogP contribution >= 0.6 is 33.9 Å². The number of non-ortho nitro benzene ring substituents is 1. The summed E-state index contributed by atoms with van der Waals surface area (Å²) in [5, 5.41) is 14.1. The number of nitrogens with zero attached hydrogens (tertiary/aromatic N) is 2. The molecule has 142 valence electrons. The summed E-state index contributed by atoms with van der Waals surface area (Å²) in [5.41, 5.74) is 2.81. The van der Waals surface area contributed by atoms with Gasteiger partial charge in [0.2, 0.25) is 5.91 Å². The minimum absolute atomic E-state index is 0.0538. The number of amides is 1. The Kier molecular flexibility index (Phi) is 6.53. The molecule has 0 aliphatic rings. The molecule has 28 heavy (non-hydrogen) atoms. The topological polar surface area (TPSA) is 85.1 Å². The Morgan fingerprint density at radius 1 is 1.18 bits per heavy atom. The van der Waals surface area contributed by atoms with Crippen molar-refractivity contribution in [3.8, 4) is 0 Å². The summed E-state index contributed by atoms with van der Waals surface area (Å²) in [4.78, 5) is 27.3. The highest BCUT2D eigenvalue weighted by molar-refractivity contribution is 14.1. The van der Waals surface area contributed by atoms with Gasteiger partial charge in [-0.1, -0.05) is 18.2 Å². The molecule has 3 rings (SSSR count). The molecule has 0 bridgehead atoms. The first kappa shape index (κ1) is 20.2. The maximum atomic E-state index is 11.4. The first-order valence-electron chi connectivity index (χ1n) is 8.35. The van der Waals surface area contributed by atoms with Crippen molar-refractivity contribution < 1.29 is 9.72 Å². The minimum Gasteiger partial charge on any atom is -0.302 e. The molecule has 6 nitrogen and oxygen atoms in total. The Morgan fingerprint density at radius 3 is 2.46 bits per heavy atom. The van der Waals surface area contributed by atoms with Gasteiger partial charge in [0.15, 0.2) is 5.13 Å². The third-order valence-corrected chi connectivity index (χ3v) is 5.53. The monoisotopic (exact) mass is 505 g/mol. The number of nitrogens with one attached hydrogen (secondary N) is 1. The highest BCUT2D eigenvalue weighted by Crippen LogP contribution is 2.28. The fraction of sp³-hybridized carbons (Fsp3) is 0.100. The van der Waals surface area contributed by atoms with E-state index in [2.05, 4.69) is 57.2 Å². The standard InChI is InChI=1S/C20H16IN3O3S/c1-13(25)22-20-23-18(11-6-14-4-9-17(10-5-14)24(26)27)19(28-20)12-15-2-7-16(21)8-3-15/h2-11H,12H2,1H3,(H,22,23,25). The van der Waals surface area contributed by atoms with Crippen molar-refractivity contribution >= 4 is 62.8 Å². The van der Waals surface area contributed by atoms with Crippen molar-refractivity contribution in [3.05, 3.63) is 83.9 Å². The number of carbonyl (C=O) groups excluding carboxylic acids is 1. The molecule has 0 radical (unpaired) electrons. The molecule has 0 saturated heterocycles. The normalized spacial score (nSPS) is 10.9. The van der Waals surface area contributed by atoms with Gasteiger partial charge in [-0.15, -0.1) is 11.3 Å². The van der Waals surface area contributed by atoms with Gasteiger partial charge in [0.25, 0.3) is 5.69 Å². The van der Waals surface area contributed by atoms with E-state index in [-0.39, 0.29) is 11.6 Å². The summed E-state index contributed by atoms with van der Waals surface area (Å²) in [6.45, 7) is 1.45. The molecule has 0 spiro atoms. The van der Waals surface area contributed by atoms with Crippen molar-refractivity contribution in [2.45, 2.75) is 13.3 Å². The number of halogens is 1. The van der Waals surface area contributed by atoms with Crippen LogP contribution in [0.25, 0.3) is 12.2 Å². The molecule has 1 aromatic heterocycles. The van der Waals surface area contributed by atoms with Crippen LogP contribution in [0.1, 0.15) is 28.6 Å². The molecule has 2 aromatic carbocycles. The highest BCUT2D eigenvalue weighted by Gasteiger charge is 2.11. The molecule has 1 N–H and O–H groups in total. The van der Waals surface area contributed by atoms with E-state index in [1.165, 1.54) is 34.0 Å². The molecular formula is C20H16IN3O3S. The van der Waals surface area contributed by atoms with E-state index in [0.29, 0.717) is 11.6 Å². The number of carbonyl (C=O) groups is 1. The van der Waals surface area contributed by atoms with Gasteiger partial charge >= 0.3 is 0 Å². The zero-order valence-electron chi connectivity index (χ0n) is 14.9. The predicted molar refractivity (Wildman–Crippen MR) is 120 cm³/mol. The molecule has 0 aliphatic heterocycles. The van der Waals surface area contributed by atoms with Crippen LogP contribution in [0.15, 0.2) is 48.5 Å². The number of hydrogen-bond donors (Lipinski definition) is 1. The van der Waals surface area contributed by atoms with Gasteiger partial charge in [0.1, 0.15) is 0 Å². The molecule has 8 heteroatoms. The summed E-state index contributed by atoms with van der Waals surface area (Å²) in [6.07, 6.45) is 4.42. The van der Waals surface area contributed by atoms with E-state index in [4.69, 9.17) is 0 Å². The number of aromatic nitrogens is 1. The zero-order chi connectivity index (χ0) is 20.1. The van der Waals surface area contributed by atoms with Crippen LogP contribution in [0, 0.1) is 13.7 Å². The van der Waals surface area contributed by atoms with Gasteiger partial charge in [-0.25, -0.2) is 4.98 Å². The van der Waals surface area contributed by atoms with E-state index >= 15 is 0 Å². The maximum absolute atomic E-state index is 11.4. The lowest BCUT2D eigenvalue weighted by Crippen LogP contribution is -2.04. The van der Waals surface area contributed by atoms with Crippen molar-refractivity contribution in [3.63, 3.8) is 0 Å². The van der Waals surface area contributed by atoms with Gasteiger partial charge in [-0.3, -0.25) is 14.9 Å². The van der Waals surface area contributed by atoms with E-state index in [1.807, 2.05) is 12.2 Å². The average molecular weight is 505 g/mol. The Bertz CT molecular complexity index is 1030. The summed E-state index contributed by atoms with van der Waals surface area (Å²) in [7, 11) is 0. The van der Waals surface area contributed by atoms with Gasteiger partial charge in [-0.2, -0.15) is 0 Å². The van der Waals surface area contributed by atoms with E-state index in [1.54, 1.807) is 12.1 Å². The fourth-order valence-electron chi connectivity index (χ4n) is 2.49. The van der Waals surface area contributed by atoms with Crippen LogP contribution in [0.3, 0.4) is 0 Å². The second-order valence-corrected chi connectivity index (χ2v) is 8.32. The molecule has 0 saturated carbocycles. The summed E-state index contributed by atoms with van der Waals surface area (Å²) in [5.74, 6) is -0.166. The Morgan fingerprint density at radius 2 is 1.86 bits per heavy atom. The first-order valence-corrected chi connectivity index (χ1v) is 10.2. The van der Waals surface area contributed by atoms with Crippen molar-refractivity contribution in [2.75, 3.05) is 5.32 Å². The average Bonchev–Trinajstić information content (AvgIpc) is 3.02. The Hall–Kier alpha value is -2.59. The number of benzene rings is 2. The van der Waals surface area contributed by atoms with E-state index < -0.39 is 4.92 Å². The fourth-order valence-corrected chi connectivity index (χ4v) is 3.88. The van der Waals surface area contributed by atoms with Crippen LogP contribution in [0.5, 0.6) is 0 Å². The molecule has 1 amide bonds. The van der Waals surface area contributed by atoms with Gasteiger partial charge in [-0.05, 0) is 64.1 Å². The SMILES string of the molecule is CC(=O)Nc1nc(C=Cc2ccc([N+](=O)[O-])cc2)c(Cc2ccc(I)cc2)s1. The van der Waals surface area contributed by atoms with E-state index in [0.717, 1.165) is 21.7 Å². The second-order valence-electron chi connectivity index (χ2n) is 5.99. The number of nitro benzene ring substituents is 1. The maximum Gasteiger partial charge on any atom is 0.269 e. The van der Waals surface area contributed by atoms with Gasteiger partial charge < -0.3 is 5.32 Å². The van der Waals surface area contributed by atoms with Crippen molar-refractivity contribution in [1.82, 2.24) is 4.98 Å². The van der Waals surface area contributed by atoms with Crippen LogP contribution in [-0.2, 0) is 11.2 Å². The molecule has 0 atom stereocenters. The number of thiazole rings is 1. The van der Waals surface area contributed by atoms with E-state index in [9.17, 15) is 14.9 Å². The van der Waals surface area contributed by atoms with Crippen LogP contribution < -0.4 is 5.32 Å². The third-order valence-electron chi connectivity index (χ3n) is 3.83. The number of anilines is 1. The Labute approximate surface area is 179 Å². The molecule has 0 fully saturated rings. The lowest BCUT2D eigenvalue weighted by Gasteiger charge is -2.00. The highest BCUT2D eigenvalue weighted by atomic mass is 127. The largest absolute Gasteiger partial charge is 0.302 e. The Balaban J connectivity index is 1.86. The third kappa shape index (κ3) is 5.46. The smallest absolute Gasteiger partial charge is 0.269 e. The summed E-state index contributed by atoms with van der Waals surface area (Å²) in [6, 6.07) is 14.6. The molecule has 0 aliphatic carbocycles. The first-order chi connectivity index (χ1) is 13.4. The molecule has 1 heterocycles.